The van der Waals surface area contributed by atoms with Gasteiger partial charge in [-0.1, -0.05) is 149 Å². The summed E-state index contributed by atoms with van der Waals surface area (Å²) < 4.78 is 6.57. The van der Waals surface area contributed by atoms with Crippen LogP contribution in [-0.4, -0.2) is 0 Å². The number of ether oxygens (including phenoxy) is 1. The minimum atomic E-state index is -0.280. The minimum Gasteiger partial charge on any atom is -0.453 e. The molecule has 0 amide bonds. The van der Waals surface area contributed by atoms with Crippen molar-refractivity contribution in [2.24, 2.45) is 0 Å². The maximum absolute atomic E-state index is 6.57. The first-order valence-corrected chi connectivity index (χ1v) is 20.4. The van der Waals surface area contributed by atoms with E-state index >= 15 is 0 Å². The third-order valence-corrected chi connectivity index (χ3v) is 12.9. The molecule has 58 heavy (non-hydrogen) atoms. The lowest BCUT2D eigenvalue weighted by Crippen LogP contribution is -2.33. The molecule has 0 atom stereocenters. The van der Waals surface area contributed by atoms with Crippen LogP contribution in [0, 0.1) is 6.92 Å². The molecule has 0 bridgehead atoms. The van der Waals surface area contributed by atoms with Gasteiger partial charge >= 0.3 is 0 Å². The highest BCUT2D eigenvalue weighted by Crippen LogP contribution is 2.62. The van der Waals surface area contributed by atoms with Crippen LogP contribution in [-0.2, 0) is 10.8 Å². The third kappa shape index (κ3) is 4.99. The highest BCUT2D eigenvalue weighted by Gasteiger charge is 2.43. The molecule has 0 N–H and O–H groups in total. The van der Waals surface area contributed by atoms with Gasteiger partial charge in [0.2, 0.25) is 0 Å². The van der Waals surface area contributed by atoms with Gasteiger partial charge < -0.3 is 14.5 Å². The van der Waals surface area contributed by atoms with Crippen LogP contribution in [0.2, 0.25) is 0 Å². The first-order chi connectivity index (χ1) is 28.2. The van der Waals surface area contributed by atoms with E-state index in [0.717, 1.165) is 39.9 Å². The molecule has 0 radical (unpaired) electrons. The standard InChI is InChI=1S/C55H44N2O/c1-35-14-11-22-49-52(35)57-48-21-12-18-42(51(48)55(4,5)46-20-13-23-50(58-49)53(46)57)38-26-30-40(31-27-38)56(39-28-24-37(25-29-39)36-15-7-6-8-16-36)41-32-33-44-43-17-9-10-19-45(43)54(2,3)47(44)34-41/h6-34H,1-5H3. The Balaban J connectivity index is 1.04. The van der Waals surface area contributed by atoms with Gasteiger partial charge in [-0.15, -0.1) is 0 Å². The Kier molecular flexibility index (Phi) is 7.46. The molecule has 2 heterocycles. The van der Waals surface area contributed by atoms with Gasteiger partial charge in [0.05, 0.1) is 17.1 Å². The van der Waals surface area contributed by atoms with Crippen LogP contribution in [0.1, 0.15) is 55.5 Å². The summed E-state index contributed by atoms with van der Waals surface area (Å²) >= 11 is 0. The van der Waals surface area contributed by atoms with E-state index in [9.17, 15) is 0 Å². The fraction of sp³-hybridized carbons (Fsp3) is 0.127. The summed E-state index contributed by atoms with van der Waals surface area (Å²) in [6.07, 6.45) is 0. The quantitative estimate of drug-likeness (QED) is 0.174. The Morgan fingerprint density at radius 1 is 0.431 bits per heavy atom. The van der Waals surface area contributed by atoms with Gasteiger partial charge in [0.25, 0.3) is 0 Å². The molecule has 0 spiro atoms. The van der Waals surface area contributed by atoms with Crippen LogP contribution in [0.5, 0.6) is 11.5 Å². The maximum Gasteiger partial charge on any atom is 0.151 e. The van der Waals surface area contributed by atoms with Gasteiger partial charge in [-0.3, -0.25) is 0 Å². The van der Waals surface area contributed by atoms with Crippen molar-refractivity contribution in [1.82, 2.24) is 0 Å². The molecular weight excluding hydrogens is 705 g/mol. The van der Waals surface area contributed by atoms with Crippen molar-refractivity contribution in [2.75, 3.05) is 9.80 Å². The second-order valence-electron chi connectivity index (χ2n) is 17.0. The van der Waals surface area contributed by atoms with Crippen LogP contribution in [0.4, 0.5) is 34.1 Å². The number of aryl methyl sites for hydroxylation is 1. The van der Waals surface area contributed by atoms with E-state index in [1.54, 1.807) is 0 Å². The molecule has 0 saturated heterocycles. The predicted octanol–water partition coefficient (Wildman–Crippen LogP) is 15.3. The smallest absolute Gasteiger partial charge is 0.151 e. The van der Waals surface area contributed by atoms with Gasteiger partial charge in [-0.2, -0.15) is 0 Å². The largest absolute Gasteiger partial charge is 0.453 e. The summed E-state index contributed by atoms with van der Waals surface area (Å²) in [7, 11) is 0. The molecule has 11 rings (SSSR count). The van der Waals surface area contributed by atoms with E-state index in [4.69, 9.17) is 4.74 Å². The Hall–Kier alpha value is -6.84. The van der Waals surface area contributed by atoms with Crippen molar-refractivity contribution in [3.63, 3.8) is 0 Å². The second-order valence-corrected chi connectivity index (χ2v) is 17.0. The maximum atomic E-state index is 6.57. The number of anilines is 6. The van der Waals surface area contributed by atoms with Crippen molar-refractivity contribution >= 4 is 34.1 Å². The van der Waals surface area contributed by atoms with Gasteiger partial charge in [0.15, 0.2) is 11.5 Å². The fourth-order valence-electron chi connectivity index (χ4n) is 10.1. The zero-order chi connectivity index (χ0) is 39.3. The van der Waals surface area contributed by atoms with Crippen molar-refractivity contribution < 1.29 is 4.74 Å². The summed E-state index contributed by atoms with van der Waals surface area (Å²) in [5.74, 6) is 1.79. The Morgan fingerprint density at radius 2 is 1.00 bits per heavy atom. The average molecular weight is 749 g/mol. The summed E-state index contributed by atoms with van der Waals surface area (Å²) in [5.41, 5.74) is 20.5. The molecular formula is C55H44N2O. The summed E-state index contributed by atoms with van der Waals surface area (Å²) in [5, 5.41) is 0. The first-order valence-electron chi connectivity index (χ1n) is 20.4. The monoisotopic (exact) mass is 748 g/mol. The van der Waals surface area contributed by atoms with E-state index in [1.807, 2.05) is 0 Å². The zero-order valence-electron chi connectivity index (χ0n) is 33.5. The summed E-state index contributed by atoms with van der Waals surface area (Å²) in [6.45, 7) is 11.6. The first kappa shape index (κ1) is 34.4. The predicted molar refractivity (Wildman–Crippen MR) is 241 cm³/mol. The lowest BCUT2D eigenvalue weighted by molar-refractivity contribution is 0.471. The average Bonchev–Trinajstić information content (AvgIpc) is 3.48. The molecule has 3 aliphatic rings. The van der Waals surface area contributed by atoms with Crippen molar-refractivity contribution in [3.05, 3.63) is 204 Å². The van der Waals surface area contributed by atoms with Crippen LogP contribution >= 0.6 is 0 Å². The number of rotatable bonds is 5. The van der Waals surface area contributed by atoms with Crippen molar-refractivity contribution in [1.29, 1.82) is 0 Å². The van der Waals surface area contributed by atoms with Crippen LogP contribution in [0.15, 0.2) is 176 Å². The normalized spacial score (nSPS) is 14.7. The number of para-hydroxylation sites is 2. The topological polar surface area (TPSA) is 15.7 Å². The van der Waals surface area contributed by atoms with Crippen LogP contribution in [0.25, 0.3) is 33.4 Å². The molecule has 2 aliphatic heterocycles. The molecule has 3 heteroatoms. The van der Waals surface area contributed by atoms with E-state index in [-0.39, 0.29) is 10.8 Å². The van der Waals surface area contributed by atoms with Crippen molar-refractivity contribution in [3.8, 4) is 44.9 Å². The number of fused-ring (bicyclic) bond motifs is 7. The Labute approximate surface area is 341 Å². The van der Waals surface area contributed by atoms with E-state index in [1.165, 1.54) is 66.9 Å². The summed E-state index contributed by atoms with van der Waals surface area (Å²) in [4.78, 5) is 4.86. The molecule has 8 aromatic rings. The molecule has 280 valence electrons. The molecule has 0 unspecified atom stereocenters. The molecule has 1 aliphatic carbocycles. The number of hydrogen-bond acceptors (Lipinski definition) is 3. The molecule has 0 fully saturated rings. The molecule has 0 aromatic heterocycles. The lowest BCUT2D eigenvalue weighted by atomic mass is 9.70. The third-order valence-electron chi connectivity index (χ3n) is 12.9. The fourth-order valence-corrected chi connectivity index (χ4v) is 10.1. The van der Waals surface area contributed by atoms with E-state index < -0.39 is 0 Å². The van der Waals surface area contributed by atoms with E-state index in [0.29, 0.717) is 0 Å². The highest BCUT2D eigenvalue weighted by molar-refractivity contribution is 5.97. The number of nitrogens with zero attached hydrogens (tertiary/aromatic N) is 2. The molecule has 8 aromatic carbocycles. The Bertz CT molecular complexity index is 2920. The lowest BCUT2D eigenvalue weighted by Gasteiger charge is -2.46. The Morgan fingerprint density at radius 3 is 1.76 bits per heavy atom. The van der Waals surface area contributed by atoms with Crippen molar-refractivity contribution in [2.45, 2.75) is 45.4 Å². The molecule has 0 saturated carbocycles. The van der Waals surface area contributed by atoms with Gasteiger partial charge in [0.1, 0.15) is 0 Å². The second kappa shape index (κ2) is 12.6. The SMILES string of the molecule is Cc1cccc2c1N1c3cccc(-c4ccc(N(c5ccc(-c6ccccc6)cc5)c5ccc6c(c5)C(C)(C)c5ccccc5-6)cc4)c3C(C)(C)c3cccc(c31)O2. The van der Waals surface area contributed by atoms with Gasteiger partial charge in [-0.05, 0) is 123 Å². The molecule has 3 nitrogen and oxygen atoms in total. The van der Waals surface area contributed by atoms with Crippen LogP contribution in [0.3, 0.4) is 0 Å². The summed E-state index contributed by atoms with van der Waals surface area (Å²) in [6, 6.07) is 64.4. The minimum absolute atomic E-state index is 0.104. The van der Waals surface area contributed by atoms with E-state index in [2.05, 4.69) is 220 Å². The van der Waals surface area contributed by atoms with Gasteiger partial charge in [0, 0.05) is 27.9 Å². The zero-order valence-corrected chi connectivity index (χ0v) is 33.5. The highest BCUT2D eigenvalue weighted by atomic mass is 16.5. The number of benzene rings is 8. The van der Waals surface area contributed by atoms with Gasteiger partial charge in [-0.25, -0.2) is 0 Å². The number of hydrogen-bond donors (Lipinski definition) is 0. The van der Waals surface area contributed by atoms with Crippen LogP contribution < -0.4 is 14.5 Å².